The van der Waals surface area contributed by atoms with Crippen molar-refractivity contribution in [3.8, 4) is 0 Å². The molecule has 2 heterocycles. The van der Waals surface area contributed by atoms with Crippen molar-refractivity contribution < 1.29 is 14.3 Å². The second-order valence-corrected chi connectivity index (χ2v) is 6.31. The number of hydrogen-bond acceptors (Lipinski definition) is 4. The molecule has 3 rings (SSSR count). The van der Waals surface area contributed by atoms with E-state index in [0.717, 1.165) is 36.0 Å². The molecular weight excluding hydrogens is 286 g/mol. The highest BCUT2D eigenvalue weighted by atomic mass is 32.1. The Labute approximate surface area is 127 Å². The summed E-state index contributed by atoms with van der Waals surface area (Å²) in [5.74, 6) is -0.516. The number of fused-ring (bicyclic) bond motifs is 1. The molecule has 2 aromatic rings. The van der Waals surface area contributed by atoms with Crippen LogP contribution in [0.5, 0.6) is 0 Å². The number of amides is 1. The number of thiophene rings is 1. The third-order valence-corrected chi connectivity index (χ3v) is 4.77. The second kappa shape index (κ2) is 5.85. The molecule has 1 amide bonds. The van der Waals surface area contributed by atoms with Crippen molar-refractivity contribution in [1.29, 1.82) is 0 Å². The molecule has 4 nitrogen and oxygen atoms in total. The van der Waals surface area contributed by atoms with Crippen LogP contribution in [0.4, 0.5) is 0 Å². The topological polar surface area (TPSA) is 46.6 Å². The van der Waals surface area contributed by atoms with Gasteiger partial charge in [-0.1, -0.05) is 18.2 Å². The number of esters is 1. The molecule has 110 valence electrons. The SMILES string of the molecule is C[C@@H](OC(=O)c1cc2ccccc2s1)C(=O)N1CCCC1. The van der Waals surface area contributed by atoms with Crippen LogP contribution in [0.1, 0.15) is 29.4 Å². The zero-order valence-corrected chi connectivity index (χ0v) is 12.7. The summed E-state index contributed by atoms with van der Waals surface area (Å²) in [6, 6.07) is 9.61. The maximum absolute atomic E-state index is 12.2. The van der Waals surface area contributed by atoms with E-state index in [-0.39, 0.29) is 5.91 Å². The molecule has 1 atom stereocenters. The van der Waals surface area contributed by atoms with Crippen LogP contribution >= 0.6 is 11.3 Å². The predicted molar refractivity (Wildman–Crippen MR) is 82.5 cm³/mol. The minimum atomic E-state index is -0.721. The number of benzene rings is 1. The Morgan fingerprint density at radius 1 is 1.24 bits per heavy atom. The highest BCUT2D eigenvalue weighted by Gasteiger charge is 2.26. The third-order valence-electron chi connectivity index (χ3n) is 3.68. The summed E-state index contributed by atoms with van der Waals surface area (Å²) in [6.07, 6.45) is 1.34. The lowest BCUT2D eigenvalue weighted by Crippen LogP contribution is -2.38. The average molecular weight is 303 g/mol. The first kappa shape index (κ1) is 14.1. The van der Waals surface area contributed by atoms with E-state index in [2.05, 4.69) is 0 Å². The van der Waals surface area contributed by atoms with Gasteiger partial charge in [0.25, 0.3) is 5.91 Å². The van der Waals surface area contributed by atoms with E-state index >= 15 is 0 Å². The molecule has 0 aliphatic carbocycles. The lowest BCUT2D eigenvalue weighted by Gasteiger charge is -2.20. The van der Waals surface area contributed by atoms with Crippen LogP contribution in [0.3, 0.4) is 0 Å². The predicted octanol–water partition coefficient (Wildman–Crippen LogP) is 3.07. The molecule has 0 radical (unpaired) electrons. The molecule has 1 aromatic heterocycles. The zero-order chi connectivity index (χ0) is 14.8. The molecule has 21 heavy (non-hydrogen) atoms. The monoisotopic (exact) mass is 303 g/mol. The molecule has 1 aromatic carbocycles. The molecule has 1 saturated heterocycles. The van der Waals surface area contributed by atoms with Crippen LogP contribution in [-0.4, -0.2) is 36.0 Å². The van der Waals surface area contributed by atoms with Gasteiger partial charge < -0.3 is 9.64 Å². The zero-order valence-electron chi connectivity index (χ0n) is 11.9. The molecule has 0 spiro atoms. The number of ether oxygens (including phenoxy) is 1. The average Bonchev–Trinajstić information content (AvgIpc) is 3.15. The van der Waals surface area contributed by atoms with Crippen LogP contribution in [0, 0.1) is 0 Å². The lowest BCUT2D eigenvalue weighted by atomic mass is 10.2. The van der Waals surface area contributed by atoms with E-state index in [1.54, 1.807) is 11.8 Å². The summed E-state index contributed by atoms with van der Waals surface area (Å²) in [5.41, 5.74) is 0. The maximum Gasteiger partial charge on any atom is 0.349 e. The van der Waals surface area contributed by atoms with Gasteiger partial charge in [0.2, 0.25) is 0 Å². The van der Waals surface area contributed by atoms with E-state index in [0.29, 0.717) is 4.88 Å². The van der Waals surface area contributed by atoms with Gasteiger partial charge in [-0.05, 0) is 37.3 Å². The van der Waals surface area contributed by atoms with Gasteiger partial charge in [-0.2, -0.15) is 0 Å². The Morgan fingerprint density at radius 2 is 1.95 bits per heavy atom. The number of nitrogens with zero attached hydrogens (tertiary/aromatic N) is 1. The highest BCUT2D eigenvalue weighted by molar-refractivity contribution is 7.20. The van der Waals surface area contributed by atoms with E-state index in [9.17, 15) is 9.59 Å². The first-order valence-electron chi connectivity index (χ1n) is 7.13. The fourth-order valence-corrected chi connectivity index (χ4v) is 3.49. The van der Waals surface area contributed by atoms with Crippen molar-refractivity contribution >= 4 is 33.3 Å². The maximum atomic E-state index is 12.2. The van der Waals surface area contributed by atoms with E-state index < -0.39 is 12.1 Å². The summed E-state index contributed by atoms with van der Waals surface area (Å²) in [4.78, 5) is 26.6. The number of likely N-dealkylation sites (tertiary alicyclic amines) is 1. The highest BCUT2D eigenvalue weighted by Crippen LogP contribution is 2.26. The van der Waals surface area contributed by atoms with Crippen molar-refractivity contribution in [1.82, 2.24) is 4.90 Å². The van der Waals surface area contributed by atoms with Crippen molar-refractivity contribution in [2.45, 2.75) is 25.9 Å². The van der Waals surface area contributed by atoms with Crippen LogP contribution in [0.25, 0.3) is 10.1 Å². The molecule has 1 aliphatic rings. The number of hydrogen-bond donors (Lipinski definition) is 0. The molecule has 5 heteroatoms. The minimum Gasteiger partial charge on any atom is -0.448 e. The number of rotatable bonds is 3. The molecular formula is C16H17NO3S. The molecule has 0 bridgehead atoms. The van der Waals surface area contributed by atoms with Crippen molar-refractivity contribution in [2.75, 3.05) is 13.1 Å². The standard InChI is InChI=1S/C16H17NO3S/c1-11(15(18)17-8-4-5-9-17)20-16(19)14-10-12-6-2-3-7-13(12)21-14/h2-3,6-7,10-11H,4-5,8-9H2,1H3/t11-/m1/s1. The molecule has 1 aliphatic heterocycles. The van der Waals surface area contributed by atoms with Crippen molar-refractivity contribution in [3.05, 3.63) is 35.2 Å². The Kier molecular flexibility index (Phi) is 3.92. The summed E-state index contributed by atoms with van der Waals surface area (Å²) in [6.45, 7) is 3.18. The van der Waals surface area contributed by atoms with Gasteiger partial charge in [0.15, 0.2) is 6.10 Å². The smallest absolute Gasteiger partial charge is 0.349 e. The van der Waals surface area contributed by atoms with Gasteiger partial charge in [-0.15, -0.1) is 11.3 Å². The third kappa shape index (κ3) is 2.93. The summed E-state index contributed by atoms with van der Waals surface area (Å²) < 4.78 is 6.36. The minimum absolute atomic E-state index is 0.0954. The van der Waals surface area contributed by atoms with Crippen LogP contribution in [-0.2, 0) is 9.53 Å². The van der Waals surface area contributed by atoms with Gasteiger partial charge in [-0.3, -0.25) is 4.79 Å². The first-order chi connectivity index (χ1) is 10.1. The van der Waals surface area contributed by atoms with E-state index in [1.807, 2.05) is 30.3 Å². The summed E-state index contributed by atoms with van der Waals surface area (Å²) in [5, 5.41) is 1.02. The van der Waals surface area contributed by atoms with Gasteiger partial charge in [0.05, 0.1) is 0 Å². The lowest BCUT2D eigenvalue weighted by molar-refractivity contribution is -0.138. The first-order valence-corrected chi connectivity index (χ1v) is 7.95. The molecule has 0 N–H and O–H groups in total. The van der Waals surface area contributed by atoms with Gasteiger partial charge in [0.1, 0.15) is 4.88 Å². The molecule has 0 unspecified atom stereocenters. The Hall–Kier alpha value is -1.88. The van der Waals surface area contributed by atoms with E-state index in [4.69, 9.17) is 4.74 Å². The number of carbonyl (C=O) groups is 2. The van der Waals surface area contributed by atoms with Crippen molar-refractivity contribution in [3.63, 3.8) is 0 Å². The Balaban J connectivity index is 1.68. The normalized spacial score (nSPS) is 16.1. The Bertz CT molecular complexity index is 640. The van der Waals surface area contributed by atoms with Crippen LogP contribution < -0.4 is 0 Å². The molecule has 0 saturated carbocycles. The van der Waals surface area contributed by atoms with Crippen molar-refractivity contribution in [2.24, 2.45) is 0 Å². The van der Waals surface area contributed by atoms with Gasteiger partial charge in [-0.25, -0.2) is 4.79 Å². The quantitative estimate of drug-likeness (QED) is 0.819. The number of carbonyl (C=O) groups excluding carboxylic acids is 2. The Morgan fingerprint density at radius 3 is 2.67 bits per heavy atom. The largest absolute Gasteiger partial charge is 0.448 e. The summed E-state index contributed by atoms with van der Waals surface area (Å²) in [7, 11) is 0. The van der Waals surface area contributed by atoms with Gasteiger partial charge >= 0.3 is 5.97 Å². The van der Waals surface area contributed by atoms with E-state index in [1.165, 1.54) is 11.3 Å². The fourth-order valence-electron chi connectivity index (χ4n) is 2.55. The summed E-state index contributed by atoms with van der Waals surface area (Å²) >= 11 is 1.39. The molecule has 1 fully saturated rings. The van der Waals surface area contributed by atoms with Crippen LogP contribution in [0.15, 0.2) is 30.3 Å². The second-order valence-electron chi connectivity index (χ2n) is 5.23. The van der Waals surface area contributed by atoms with Crippen LogP contribution in [0.2, 0.25) is 0 Å². The van der Waals surface area contributed by atoms with Gasteiger partial charge in [0, 0.05) is 17.8 Å². The fraction of sp³-hybridized carbons (Fsp3) is 0.375.